The van der Waals surface area contributed by atoms with Crippen LogP contribution in [0.2, 0.25) is 0 Å². The topological polar surface area (TPSA) is 66.2 Å². The molecule has 0 N–H and O–H groups in total. The third-order valence-corrected chi connectivity index (χ3v) is 9.55. The number of ether oxygens (including phenoxy) is 2. The van der Waals surface area contributed by atoms with E-state index in [4.69, 9.17) is 14.5 Å². The van der Waals surface area contributed by atoms with Crippen molar-refractivity contribution in [2.45, 2.75) is 62.5 Å². The first-order valence-electron chi connectivity index (χ1n) is 16.4. The summed E-state index contributed by atoms with van der Waals surface area (Å²) in [6.07, 6.45) is -3.25. The second kappa shape index (κ2) is 14.2. The van der Waals surface area contributed by atoms with Crippen molar-refractivity contribution >= 4 is 39.5 Å². The maximum Gasteiger partial charge on any atom is 0.417 e. The van der Waals surface area contributed by atoms with Gasteiger partial charge in [-0.25, -0.2) is 4.98 Å². The Kier molecular flexibility index (Phi) is 9.94. The van der Waals surface area contributed by atoms with E-state index in [0.29, 0.717) is 30.0 Å². The van der Waals surface area contributed by atoms with Crippen LogP contribution in [0.3, 0.4) is 0 Å². The zero-order valence-corrected chi connectivity index (χ0v) is 29.4. The van der Waals surface area contributed by atoms with Crippen molar-refractivity contribution in [3.05, 3.63) is 120 Å². The summed E-state index contributed by atoms with van der Waals surface area (Å²) in [5.41, 5.74) is 4.73. The van der Waals surface area contributed by atoms with E-state index in [1.165, 1.54) is 6.07 Å². The van der Waals surface area contributed by atoms with Crippen molar-refractivity contribution in [2.75, 3.05) is 6.61 Å². The van der Waals surface area contributed by atoms with Crippen molar-refractivity contribution in [1.29, 1.82) is 0 Å². The molecule has 0 saturated carbocycles. The van der Waals surface area contributed by atoms with Crippen molar-refractivity contribution in [2.24, 2.45) is 7.05 Å². The third kappa shape index (κ3) is 7.81. The third-order valence-electron chi connectivity index (χ3n) is 8.30. The Bertz CT molecular complexity index is 2140. The van der Waals surface area contributed by atoms with E-state index in [0.717, 1.165) is 55.9 Å². The Morgan fingerprint density at radius 3 is 2.38 bits per heavy atom. The van der Waals surface area contributed by atoms with Gasteiger partial charge < -0.3 is 14.0 Å². The van der Waals surface area contributed by atoms with E-state index < -0.39 is 17.7 Å². The molecule has 0 bridgehead atoms. The summed E-state index contributed by atoms with van der Waals surface area (Å²) < 4.78 is 52.9. The van der Waals surface area contributed by atoms with Gasteiger partial charge in [0.15, 0.2) is 0 Å². The molecule has 0 spiro atoms. The Morgan fingerprint density at radius 1 is 0.940 bits per heavy atom. The zero-order valence-electron chi connectivity index (χ0n) is 28.5. The van der Waals surface area contributed by atoms with Crippen LogP contribution in [0.15, 0.2) is 102 Å². The summed E-state index contributed by atoms with van der Waals surface area (Å²) in [6, 6.07) is 27.7. The Hall–Kier alpha value is -4.83. The Morgan fingerprint density at radius 2 is 1.70 bits per heavy atom. The molecule has 10 heteroatoms. The first-order valence-corrected chi connectivity index (χ1v) is 17.2. The van der Waals surface area contributed by atoms with Gasteiger partial charge in [0.25, 0.3) is 0 Å². The van der Waals surface area contributed by atoms with E-state index in [-0.39, 0.29) is 17.3 Å². The molecule has 0 radical (unpaired) electrons. The van der Waals surface area contributed by atoms with Crippen molar-refractivity contribution < 1.29 is 27.4 Å². The summed E-state index contributed by atoms with van der Waals surface area (Å²) in [6.45, 7) is 8.75. The molecular weight excluding hydrogens is 660 g/mol. The van der Waals surface area contributed by atoms with E-state index in [1.807, 2.05) is 85.9 Å². The second-order valence-electron chi connectivity index (χ2n) is 13.1. The first kappa shape index (κ1) is 35.0. The SMILES string of the molecule is CCOC(=O)C(Cc1ccc(-c2ccc(C(F)(F)F)cn2)cc1)c1c(SC(C)(C)C)c2cc(OCc3ccc4ccccc4n3)ccc2n1C. The van der Waals surface area contributed by atoms with Crippen LogP contribution in [0.1, 0.15) is 56.1 Å². The number of thioether (sulfide) groups is 1. The maximum atomic E-state index is 13.7. The van der Waals surface area contributed by atoms with E-state index in [9.17, 15) is 18.0 Å². The molecule has 3 heterocycles. The first-order chi connectivity index (χ1) is 23.8. The van der Waals surface area contributed by atoms with Gasteiger partial charge in [0.1, 0.15) is 18.3 Å². The fourth-order valence-corrected chi connectivity index (χ4v) is 7.23. The molecule has 258 valence electrons. The minimum atomic E-state index is -4.45. The number of pyridine rings is 2. The normalized spacial score (nSPS) is 12.7. The number of para-hydroxylation sites is 1. The van der Waals surface area contributed by atoms with Crippen LogP contribution >= 0.6 is 11.8 Å². The highest BCUT2D eigenvalue weighted by Crippen LogP contribution is 2.45. The molecule has 3 aromatic carbocycles. The number of aromatic nitrogens is 3. The predicted molar refractivity (Wildman–Crippen MR) is 192 cm³/mol. The number of carbonyl (C=O) groups is 1. The number of hydrogen-bond acceptors (Lipinski definition) is 6. The lowest BCUT2D eigenvalue weighted by Gasteiger charge is -2.23. The number of fused-ring (bicyclic) bond motifs is 2. The molecule has 50 heavy (non-hydrogen) atoms. The lowest BCUT2D eigenvalue weighted by atomic mass is 9.94. The van der Waals surface area contributed by atoms with E-state index >= 15 is 0 Å². The van der Waals surface area contributed by atoms with E-state index in [1.54, 1.807) is 18.7 Å². The largest absolute Gasteiger partial charge is 0.487 e. The molecule has 1 atom stereocenters. The van der Waals surface area contributed by atoms with Gasteiger partial charge in [-0.3, -0.25) is 9.78 Å². The van der Waals surface area contributed by atoms with Gasteiger partial charge in [-0.2, -0.15) is 13.2 Å². The average molecular weight is 698 g/mol. The van der Waals surface area contributed by atoms with Crippen LogP contribution in [0, 0.1) is 0 Å². The number of benzene rings is 3. The van der Waals surface area contributed by atoms with Gasteiger partial charge in [-0.15, -0.1) is 11.8 Å². The van der Waals surface area contributed by atoms with Gasteiger partial charge in [0, 0.05) is 50.4 Å². The van der Waals surface area contributed by atoms with Crippen LogP contribution < -0.4 is 4.74 Å². The van der Waals surface area contributed by atoms with Gasteiger partial charge in [0.2, 0.25) is 0 Å². The highest BCUT2D eigenvalue weighted by atomic mass is 32.2. The summed E-state index contributed by atoms with van der Waals surface area (Å²) in [5, 5.41) is 2.05. The number of esters is 1. The smallest absolute Gasteiger partial charge is 0.417 e. The summed E-state index contributed by atoms with van der Waals surface area (Å²) >= 11 is 1.69. The number of halogens is 3. The molecule has 0 saturated heterocycles. The van der Waals surface area contributed by atoms with Gasteiger partial charge in [-0.05, 0) is 61.4 Å². The van der Waals surface area contributed by atoms with Crippen molar-refractivity contribution in [1.82, 2.24) is 14.5 Å². The summed E-state index contributed by atoms with van der Waals surface area (Å²) in [5.74, 6) is -0.263. The van der Waals surface area contributed by atoms with Crippen LogP contribution in [-0.4, -0.2) is 31.9 Å². The summed E-state index contributed by atoms with van der Waals surface area (Å²) in [7, 11) is 1.97. The number of aryl methyl sites for hydroxylation is 1. The highest BCUT2D eigenvalue weighted by molar-refractivity contribution is 8.00. The van der Waals surface area contributed by atoms with Crippen LogP contribution in [0.4, 0.5) is 13.2 Å². The standard InChI is InChI=1S/C40H38F3N3O3S/c1-6-48-38(47)32(21-25-11-13-27(14-12-25)33-19-16-28(23-44-33)40(41,42)43)36-37(50-39(2,3)4)31-22-30(18-20-35(31)46(36)5)49-24-29-17-15-26-9-7-8-10-34(26)45-29/h7-20,22-23,32H,6,21,24H2,1-5H3. The molecule has 0 aliphatic carbocycles. The molecule has 0 fully saturated rings. The number of carbonyl (C=O) groups excluding carboxylic acids is 1. The van der Waals surface area contributed by atoms with Crippen LogP contribution in [0.25, 0.3) is 33.1 Å². The number of alkyl halides is 3. The summed E-state index contributed by atoms with van der Waals surface area (Å²) in [4.78, 5) is 23.5. The Balaban J connectivity index is 1.33. The molecule has 0 amide bonds. The predicted octanol–water partition coefficient (Wildman–Crippen LogP) is 10.2. The molecule has 6 nitrogen and oxygen atoms in total. The van der Waals surface area contributed by atoms with E-state index in [2.05, 4.69) is 30.3 Å². The lowest BCUT2D eigenvalue weighted by Crippen LogP contribution is -2.22. The van der Waals surface area contributed by atoms with Gasteiger partial charge >= 0.3 is 12.1 Å². The van der Waals surface area contributed by atoms with Crippen LogP contribution in [0.5, 0.6) is 5.75 Å². The highest BCUT2D eigenvalue weighted by Gasteiger charge is 2.33. The Labute approximate surface area is 293 Å². The number of rotatable bonds is 10. The molecule has 3 aromatic heterocycles. The molecule has 6 rings (SSSR count). The minimum Gasteiger partial charge on any atom is -0.487 e. The minimum absolute atomic E-state index is 0.176. The van der Waals surface area contributed by atoms with Gasteiger partial charge in [-0.1, -0.05) is 69.3 Å². The zero-order chi connectivity index (χ0) is 35.6. The second-order valence-corrected chi connectivity index (χ2v) is 14.9. The molecule has 0 aliphatic rings. The van der Waals surface area contributed by atoms with Gasteiger partial charge in [0.05, 0.1) is 29.1 Å². The quantitative estimate of drug-likeness (QED) is 0.105. The molecule has 1 unspecified atom stereocenters. The molecular formula is C40H38F3N3O3S. The number of nitrogens with zero attached hydrogens (tertiary/aromatic N) is 3. The number of hydrogen-bond donors (Lipinski definition) is 0. The fourth-order valence-electron chi connectivity index (χ4n) is 5.96. The molecule has 0 aliphatic heterocycles. The lowest BCUT2D eigenvalue weighted by molar-refractivity contribution is -0.145. The maximum absolute atomic E-state index is 13.7. The fraction of sp³-hybridized carbons (Fsp3) is 0.275. The molecule has 6 aromatic rings. The van der Waals surface area contributed by atoms with Crippen molar-refractivity contribution in [3.8, 4) is 17.0 Å². The van der Waals surface area contributed by atoms with Crippen molar-refractivity contribution in [3.63, 3.8) is 0 Å². The monoisotopic (exact) mass is 697 g/mol. The average Bonchev–Trinajstić information content (AvgIpc) is 3.34. The van der Waals surface area contributed by atoms with Crippen LogP contribution in [-0.2, 0) is 35.8 Å².